The Morgan fingerprint density at radius 3 is 2.72 bits per heavy atom. The summed E-state index contributed by atoms with van der Waals surface area (Å²) in [5.41, 5.74) is 1.29. The number of β-amino-alcohol motifs (C(OH)–C–C–N with tert-alkyl or cyclic N) is 1. The second-order valence-electron chi connectivity index (χ2n) is 4.93. The van der Waals surface area contributed by atoms with Gasteiger partial charge in [-0.2, -0.15) is 0 Å². The molecular formula is C14H20N2O2. The third kappa shape index (κ3) is 3.47. The van der Waals surface area contributed by atoms with Crippen molar-refractivity contribution in [2.45, 2.75) is 31.9 Å². The predicted molar refractivity (Wildman–Crippen MR) is 70.3 cm³/mol. The Hall–Kier alpha value is -1.55. The molecule has 0 radical (unpaired) electrons. The van der Waals surface area contributed by atoms with Crippen LogP contribution in [0.1, 0.15) is 18.9 Å². The molecule has 4 heteroatoms. The van der Waals surface area contributed by atoms with Gasteiger partial charge in [-0.05, 0) is 25.3 Å². The number of nitrogens with zero attached hydrogens (tertiary/aromatic N) is 1. The first-order chi connectivity index (χ1) is 8.65. The number of hydrogen-bond acceptors (Lipinski definition) is 2. The number of nitrogens with one attached hydrogen (secondary N) is 1. The highest BCUT2D eigenvalue weighted by Gasteiger charge is 2.29. The number of aliphatic hydroxyl groups excluding tert-OH is 1. The largest absolute Gasteiger partial charge is 0.389 e. The van der Waals surface area contributed by atoms with Gasteiger partial charge in [0.1, 0.15) is 0 Å². The highest BCUT2D eigenvalue weighted by Crippen LogP contribution is 2.09. The van der Waals surface area contributed by atoms with E-state index in [0.717, 1.165) is 12.8 Å². The Morgan fingerprint density at radius 1 is 1.44 bits per heavy atom. The average Bonchev–Trinajstić information content (AvgIpc) is 2.34. The molecule has 0 aromatic heterocycles. The van der Waals surface area contributed by atoms with Gasteiger partial charge in [0, 0.05) is 6.04 Å². The fraction of sp³-hybridized carbons (Fsp3) is 0.500. The van der Waals surface area contributed by atoms with Crippen LogP contribution in [0.2, 0.25) is 0 Å². The van der Waals surface area contributed by atoms with Crippen LogP contribution >= 0.6 is 0 Å². The summed E-state index contributed by atoms with van der Waals surface area (Å²) in [7, 11) is 0. The summed E-state index contributed by atoms with van der Waals surface area (Å²) in [5.74, 6) is 0. The molecule has 1 aliphatic rings. The minimum atomic E-state index is -0.338. The van der Waals surface area contributed by atoms with Gasteiger partial charge in [-0.25, -0.2) is 4.79 Å². The molecule has 18 heavy (non-hydrogen) atoms. The van der Waals surface area contributed by atoms with Crippen LogP contribution in [0.3, 0.4) is 0 Å². The smallest absolute Gasteiger partial charge is 0.317 e. The summed E-state index contributed by atoms with van der Waals surface area (Å²) in [5, 5.41) is 12.1. The second kappa shape index (κ2) is 5.87. The number of carbonyl (C=O) groups excluding carboxylic acids is 1. The molecule has 2 N–H and O–H groups in total. The highest BCUT2D eigenvalue weighted by atomic mass is 16.3. The van der Waals surface area contributed by atoms with Gasteiger partial charge < -0.3 is 15.3 Å². The number of amides is 2. The maximum atomic E-state index is 11.7. The lowest BCUT2D eigenvalue weighted by Gasteiger charge is -2.36. The Labute approximate surface area is 108 Å². The van der Waals surface area contributed by atoms with E-state index in [4.69, 9.17) is 5.11 Å². The van der Waals surface area contributed by atoms with Crippen molar-refractivity contribution in [3.05, 3.63) is 35.9 Å². The summed E-state index contributed by atoms with van der Waals surface area (Å²) < 4.78 is 0. The van der Waals surface area contributed by atoms with Crippen molar-refractivity contribution < 1.29 is 9.90 Å². The van der Waals surface area contributed by atoms with Crippen LogP contribution in [0.25, 0.3) is 0 Å². The first kappa shape index (κ1) is 12.9. The van der Waals surface area contributed by atoms with Crippen molar-refractivity contribution in [2.24, 2.45) is 0 Å². The SMILES string of the molecule is C[C@@H](CCc1ccccc1)NC(=O)N1CC(O)C1. The molecule has 1 atom stereocenters. The first-order valence-electron chi connectivity index (χ1n) is 6.42. The van der Waals surface area contributed by atoms with E-state index in [-0.39, 0.29) is 18.2 Å². The summed E-state index contributed by atoms with van der Waals surface area (Å²) in [6.07, 6.45) is 1.55. The molecule has 2 rings (SSSR count). The molecule has 0 bridgehead atoms. The Kier molecular flexibility index (Phi) is 4.20. The van der Waals surface area contributed by atoms with Crippen molar-refractivity contribution in [3.63, 3.8) is 0 Å². The molecule has 1 heterocycles. The zero-order chi connectivity index (χ0) is 13.0. The maximum Gasteiger partial charge on any atom is 0.317 e. The summed E-state index contributed by atoms with van der Waals surface area (Å²) >= 11 is 0. The number of hydrogen-bond donors (Lipinski definition) is 2. The Balaban J connectivity index is 1.69. The monoisotopic (exact) mass is 248 g/mol. The number of benzene rings is 1. The van der Waals surface area contributed by atoms with E-state index in [0.29, 0.717) is 13.1 Å². The molecule has 0 aliphatic carbocycles. The van der Waals surface area contributed by atoms with Crippen LogP contribution in [-0.4, -0.2) is 41.3 Å². The highest BCUT2D eigenvalue weighted by molar-refractivity contribution is 5.75. The van der Waals surface area contributed by atoms with E-state index in [1.54, 1.807) is 4.90 Å². The van der Waals surface area contributed by atoms with E-state index >= 15 is 0 Å². The van der Waals surface area contributed by atoms with Gasteiger partial charge in [0.05, 0.1) is 19.2 Å². The minimum Gasteiger partial charge on any atom is -0.389 e. The van der Waals surface area contributed by atoms with Crippen LogP contribution < -0.4 is 5.32 Å². The van der Waals surface area contributed by atoms with Crippen LogP contribution in [0.4, 0.5) is 4.79 Å². The molecule has 0 saturated carbocycles. The predicted octanol–water partition coefficient (Wildman–Crippen LogP) is 1.39. The molecule has 4 nitrogen and oxygen atoms in total. The molecule has 2 amide bonds. The third-order valence-corrected chi connectivity index (χ3v) is 3.23. The molecule has 0 unspecified atom stereocenters. The molecular weight excluding hydrogens is 228 g/mol. The standard InChI is InChI=1S/C14H20N2O2/c1-11(7-8-12-5-3-2-4-6-12)15-14(18)16-9-13(17)10-16/h2-6,11,13,17H,7-10H2,1H3,(H,15,18)/t11-/m0/s1. The van der Waals surface area contributed by atoms with Crippen molar-refractivity contribution in [1.29, 1.82) is 0 Å². The molecule has 1 aliphatic heterocycles. The van der Waals surface area contributed by atoms with Crippen LogP contribution in [0.5, 0.6) is 0 Å². The van der Waals surface area contributed by atoms with Crippen LogP contribution in [-0.2, 0) is 6.42 Å². The number of rotatable bonds is 4. The van der Waals surface area contributed by atoms with Crippen molar-refractivity contribution in [1.82, 2.24) is 10.2 Å². The molecule has 1 fully saturated rings. The maximum absolute atomic E-state index is 11.7. The lowest BCUT2D eigenvalue weighted by atomic mass is 10.1. The van der Waals surface area contributed by atoms with Crippen molar-refractivity contribution in [2.75, 3.05) is 13.1 Å². The second-order valence-corrected chi connectivity index (χ2v) is 4.93. The van der Waals surface area contributed by atoms with Crippen LogP contribution in [0.15, 0.2) is 30.3 Å². The molecule has 1 aromatic carbocycles. The van der Waals surface area contributed by atoms with Crippen LogP contribution in [0, 0.1) is 0 Å². The van der Waals surface area contributed by atoms with Gasteiger partial charge in [-0.1, -0.05) is 30.3 Å². The van der Waals surface area contributed by atoms with Gasteiger partial charge in [-0.3, -0.25) is 0 Å². The van der Waals surface area contributed by atoms with Gasteiger partial charge >= 0.3 is 6.03 Å². The molecule has 1 saturated heterocycles. The fourth-order valence-corrected chi connectivity index (χ4v) is 2.02. The third-order valence-electron chi connectivity index (χ3n) is 3.23. The number of carbonyl (C=O) groups is 1. The first-order valence-corrected chi connectivity index (χ1v) is 6.42. The van der Waals surface area contributed by atoms with Crippen molar-refractivity contribution >= 4 is 6.03 Å². The fourth-order valence-electron chi connectivity index (χ4n) is 2.02. The normalized spacial score (nSPS) is 17.1. The van der Waals surface area contributed by atoms with Crippen molar-refractivity contribution in [3.8, 4) is 0 Å². The van der Waals surface area contributed by atoms with Gasteiger partial charge in [-0.15, -0.1) is 0 Å². The van der Waals surface area contributed by atoms with E-state index in [1.807, 2.05) is 25.1 Å². The van der Waals surface area contributed by atoms with E-state index in [1.165, 1.54) is 5.56 Å². The summed E-state index contributed by atoms with van der Waals surface area (Å²) in [6.45, 7) is 2.92. The topological polar surface area (TPSA) is 52.6 Å². The quantitative estimate of drug-likeness (QED) is 0.846. The van der Waals surface area contributed by atoms with Gasteiger partial charge in [0.2, 0.25) is 0 Å². The van der Waals surface area contributed by atoms with E-state index in [9.17, 15) is 4.79 Å². The molecule has 1 aromatic rings. The number of aliphatic hydroxyl groups is 1. The zero-order valence-electron chi connectivity index (χ0n) is 10.7. The summed E-state index contributed by atoms with van der Waals surface area (Å²) in [6, 6.07) is 10.3. The number of likely N-dealkylation sites (tertiary alicyclic amines) is 1. The molecule has 98 valence electrons. The van der Waals surface area contributed by atoms with E-state index < -0.39 is 0 Å². The van der Waals surface area contributed by atoms with Gasteiger partial charge in [0.15, 0.2) is 0 Å². The number of aryl methyl sites for hydroxylation is 1. The van der Waals surface area contributed by atoms with E-state index in [2.05, 4.69) is 17.4 Å². The summed E-state index contributed by atoms with van der Waals surface area (Å²) in [4.78, 5) is 13.3. The lowest BCUT2D eigenvalue weighted by Crippen LogP contribution is -2.57. The van der Waals surface area contributed by atoms with Gasteiger partial charge in [0.25, 0.3) is 0 Å². The average molecular weight is 248 g/mol. The molecule has 0 spiro atoms. The minimum absolute atomic E-state index is 0.0686. The zero-order valence-corrected chi connectivity index (χ0v) is 10.7. The number of urea groups is 1. The Morgan fingerprint density at radius 2 is 2.11 bits per heavy atom. The lowest BCUT2D eigenvalue weighted by molar-refractivity contribution is 0.0258. The Bertz CT molecular complexity index is 388.